The second-order valence-corrected chi connectivity index (χ2v) is 5.77. The van der Waals surface area contributed by atoms with E-state index in [4.69, 9.17) is 0 Å². The molecule has 0 unspecified atom stereocenters. The molecule has 22 heavy (non-hydrogen) atoms. The maximum atomic E-state index is 9.49. The lowest BCUT2D eigenvalue weighted by atomic mass is 10.1. The molecule has 3 rings (SSSR count). The van der Waals surface area contributed by atoms with Crippen molar-refractivity contribution in [2.75, 3.05) is 0 Å². The maximum absolute atomic E-state index is 9.49. The average Bonchev–Trinajstić information content (AvgIpc) is 2.97. The van der Waals surface area contributed by atoms with E-state index in [2.05, 4.69) is 33.4 Å². The van der Waals surface area contributed by atoms with Crippen LogP contribution < -0.4 is 0 Å². The molecular formula is C17H14N4S. The molecule has 0 aliphatic heterocycles. The lowest BCUT2D eigenvalue weighted by Gasteiger charge is -2.02. The highest BCUT2D eigenvalue weighted by Gasteiger charge is 2.16. The molecule has 2 aromatic heterocycles. The van der Waals surface area contributed by atoms with Crippen LogP contribution in [0.25, 0.3) is 11.3 Å². The number of benzene rings is 1. The highest BCUT2D eigenvalue weighted by atomic mass is 32.2. The quantitative estimate of drug-likeness (QED) is 0.741. The van der Waals surface area contributed by atoms with Gasteiger partial charge < -0.3 is 0 Å². The molecule has 2 heterocycles. The molecule has 0 bridgehead atoms. The molecule has 0 amide bonds. The van der Waals surface area contributed by atoms with Gasteiger partial charge in [-0.1, -0.05) is 42.1 Å². The molecular weight excluding hydrogens is 292 g/mol. The first kappa shape index (κ1) is 14.4. The van der Waals surface area contributed by atoms with Crippen LogP contribution in [0, 0.1) is 18.3 Å². The van der Waals surface area contributed by atoms with Gasteiger partial charge in [-0.25, -0.2) is 0 Å². The second-order valence-electron chi connectivity index (χ2n) is 4.80. The van der Waals surface area contributed by atoms with Gasteiger partial charge in [0, 0.05) is 23.2 Å². The number of pyridine rings is 1. The SMILES string of the molecule is Cc1ncccc1-c1[nH]nc(SCc2ccccc2)c1C#N. The molecule has 1 aromatic carbocycles. The Bertz CT molecular complexity index is 818. The topological polar surface area (TPSA) is 65.4 Å². The molecule has 0 saturated heterocycles. The van der Waals surface area contributed by atoms with Gasteiger partial charge in [0.05, 0.1) is 5.69 Å². The van der Waals surface area contributed by atoms with E-state index in [0.29, 0.717) is 5.56 Å². The zero-order valence-corrected chi connectivity index (χ0v) is 12.9. The summed E-state index contributed by atoms with van der Waals surface area (Å²) in [4.78, 5) is 4.27. The Morgan fingerprint density at radius 2 is 2.00 bits per heavy atom. The Labute approximate surface area is 133 Å². The van der Waals surface area contributed by atoms with Crippen LogP contribution in [0.1, 0.15) is 16.8 Å². The van der Waals surface area contributed by atoms with Crippen LogP contribution in [0.5, 0.6) is 0 Å². The Kier molecular flexibility index (Phi) is 4.22. The second kappa shape index (κ2) is 6.46. The van der Waals surface area contributed by atoms with Crippen LogP contribution in [0.3, 0.4) is 0 Å². The summed E-state index contributed by atoms with van der Waals surface area (Å²) in [6.07, 6.45) is 1.74. The maximum Gasteiger partial charge on any atom is 0.137 e. The van der Waals surface area contributed by atoms with Gasteiger partial charge in [-0.3, -0.25) is 10.1 Å². The number of hydrogen-bond acceptors (Lipinski definition) is 4. The molecule has 3 aromatic rings. The van der Waals surface area contributed by atoms with Gasteiger partial charge in [0.25, 0.3) is 0 Å². The summed E-state index contributed by atoms with van der Waals surface area (Å²) in [5.41, 5.74) is 4.32. The van der Waals surface area contributed by atoms with Crippen molar-refractivity contribution in [1.29, 1.82) is 5.26 Å². The standard InChI is InChI=1S/C17H14N4S/c1-12-14(8-5-9-19-12)16-15(10-18)17(21-20-16)22-11-13-6-3-2-4-7-13/h2-9H,11H2,1H3,(H,20,21). The monoisotopic (exact) mass is 306 g/mol. The number of aryl methyl sites for hydroxylation is 1. The Balaban J connectivity index is 1.89. The molecule has 0 saturated carbocycles. The third-order valence-corrected chi connectivity index (χ3v) is 4.39. The highest BCUT2D eigenvalue weighted by molar-refractivity contribution is 7.98. The van der Waals surface area contributed by atoms with Crippen molar-refractivity contribution < 1.29 is 0 Å². The summed E-state index contributed by atoms with van der Waals surface area (Å²) in [5.74, 6) is 0.784. The molecule has 4 nitrogen and oxygen atoms in total. The number of rotatable bonds is 4. The third kappa shape index (κ3) is 2.87. The number of aromatic nitrogens is 3. The van der Waals surface area contributed by atoms with Crippen LogP contribution in [0.2, 0.25) is 0 Å². The number of H-pyrrole nitrogens is 1. The van der Waals surface area contributed by atoms with E-state index >= 15 is 0 Å². The van der Waals surface area contributed by atoms with Gasteiger partial charge in [0.15, 0.2) is 0 Å². The first-order chi connectivity index (χ1) is 10.8. The zero-order valence-electron chi connectivity index (χ0n) is 12.1. The van der Waals surface area contributed by atoms with Crippen molar-refractivity contribution in [3.05, 3.63) is 65.5 Å². The Morgan fingerprint density at radius 1 is 1.18 bits per heavy atom. The van der Waals surface area contributed by atoms with Crippen molar-refractivity contribution in [2.45, 2.75) is 17.7 Å². The summed E-state index contributed by atoms with van der Waals surface area (Å²) in [6.45, 7) is 1.92. The normalized spacial score (nSPS) is 10.4. The number of nitrogens with one attached hydrogen (secondary N) is 1. The lowest BCUT2D eigenvalue weighted by Crippen LogP contribution is -1.89. The zero-order chi connectivity index (χ0) is 15.4. The number of aromatic amines is 1. The minimum Gasteiger partial charge on any atom is -0.275 e. The van der Waals surface area contributed by atoms with Crippen LogP contribution in [0.15, 0.2) is 53.7 Å². The number of thioether (sulfide) groups is 1. The number of nitriles is 1. The Hall–Kier alpha value is -2.58. The summed E-state index contributed by atoms with van der Waals surface area (Å²) in [5, 5.41) is 17.5. The molecule has 0 atom stereocenters. The first-order valence-corrected chi connectivity index (χ1v) is 7.85. The van der Waals surface area contributed by atoms with E-state index in [1.807, 2.05) is 37.3 Å². The van der Waals surface area contributed by atoms with Crippen molar-refractivity contribution in [3.63, 3.8) is 0 Å². The average molecular weight is 306 g/mol. The van der Waals surface area contributed by atoms with E-state index in [1.54, 1.807) is 18.0 Å². The lowest BCUT2D eigenvalue weighted by molar-refractivity contribution is 1.00. The summed E-state index contributed by atoms with van der Waals surface area (Å²) >= 11 is 1.56. The van der Waals surface area contributed by atoms with Crippen molar-refractivity contribution in [2.24, 2.45) is 0 Å². The van der Waals surface area contributed by atoms with Gasteiger partial charge >= 0.3 is 0 Å². The molecule has 5 heteroatoms. The van der Waals surface area contributed by atoms with E-state index in [-0.39, 0.29) is 0 Å². The third-order valence-electron chi connectivity index (χ3n) is 3.34. The minimum atomic E-state index is 0.581. The summed E-state index contributed by atoms with van der Waals surface area (Å²) < 4.78 is 0. The predicted molar refractivity (Wildman–Crippen MR) is 87.3 cm³/mol. The van der Waals surface area contributed by atoms with Gasteiger partial charge in [-0.2, -0.15) is 10.4 Å². The van der Waals surface area contributed by atoms with Gasteiger partial charge in [-0.05, 0) is 24.6 Å². The smallest absolute Gasteiger partial charge is 0.137 e. The number of hydrogen-bond donors (Lipinski definition) is 1. The fraction of sp³-hybridized carbons (Fsp3) is 0.118. The largest absolute Gasteiger partial charge is 0.275 e. The van der Waals surface area contributed by atoms with Crippen LogP contribution in [-0.2, 0) is 5.75 Å². The number of nitrogens with zero attached hydrogens (tertiary/aromatic N) is 3. The molecule has 1 N–H and O–H groups in total. The summed E-state index contributed by atoms with van der Waals surface area (Å²) in [7, 11) is 0. The molecule has 0 radical (unpaired) electrons. The molecule has 0 fully saturated rings. The van der Waals surface area contributed by atoms with Crippen LogP contribution in [0.4, 0.5) is 0 Å². The fourth-order valence-corrected chi connectivity index (χ4v) is 3.10. The van der Waals surface area contributed by atoms with E-state index < -0.39 is 0 Å². The molecule has 0 aliphatic rings. The molecule has 108 valence electrons. The van der Waals surface area contributed by atoms with Crippen LogP contribution >= 0.6 is 11.8 Å². The van der Waals surface area contributed by atoms with E-state index in [1.165, 1.54) is 5.56 Å². The van der Waals surface area contributed by atoms with Crippen molar-refractivity contribution >= 4 is 11.8 Å². The molecule has 0 aliphatic carbocycles. The highest BCUT2D eigenvalue weighted by Crippen LogP contribution is 2.31. The predicted octanol–water partition coefficient (Wildman–Crippen LogP) is 3.94. The molecule has 0 spiro atoms. The minimum absolute atomic E-state index is 0.581. The van der Waals surface area contributed by atoms with E-state index in [0.717, 1.165) is 27.7 Å². The van der Waals surface area contributed by atoms with Gasteiger partial charge in [-0.15, -0.1) is 0 Å². The fourth-order valence-electron chi connectivity index (χ4n) is 2.20. The first-order valence-electron chi connectivity index (χ1n) is 6.87. The van der Waals surface area contributed by atoms with Gasteiger partial charge in [0.1, 0.15) is 16.7 Å². The van der Waals surface area contributed by atoms with Gasteiger partial charge in [0.2, 0.25) is 0 Å². The van der Waals surface area contributed by atoms with Crippen molar-refractivity contribution in [1.82, 2.24) is 15.2 Å². The van der Waals surface area contributed by atoms with Crippen molar-refractivity contribution in [3.8, 4) is 17.3 Å². The van der Waals surface area contributed by atoms with Crippen LogP contribution in [-0.4, -0.2) is 15.2 Å². The Morgan fingerprint density at radius 3 is 2.73 bits per heavy atom. The van der Waals surface area contributed by atoms with E-state index in [9.17, 15) is 5.26 Å². The summed E-state index contributed by atoms with van der Waals surface area (Å²) in [6, 6.07) is 16.2.